The smallest absolute Gasteiger partial charge is 0.271 e. The summed E-state index contributed by atoms with van der Waals surface area (Å²) in [6.45, 7) is 0. The first kappa shape index (κ1) is 15.3. The molecule has 1 amide bonds. The van der Waals surface area contributed by atoms with Gasteiger partial charge in [0.05, 0.1) is 22.1 Å². The summed E-state index contributed by atoms with van der Waals surface area (Å²) in [6.07, 6.45) is 0.0968. The quantitative estimate of drug-likeness (QED) is 0.680. The number of nitro groups is 1. The van der Waals surface area contributed by atoms with Gasteiger partial charge in [-0.05, 0) is 23.8 Å². The molecule has 0 saturated heterocycles. The molecule has 108 valence electrons. The van der Waals surface area contributed by atoms with Gasteiger partial charge in [-0.15, -0.1) is 0 Å². The highest BCUT2D eigenvalue weighted by Gasteiger charge is 2.12. The Bertz CT molecular complexity index is 704. The second-order valence-corrected chi connectivity index (χ2v) is 5.12. The third kappa shape index (κ3) is 4.18. The van der Waals surface area contributed by atoms with Gasteiger partial charge in [0.25, 0.3) is 5.69 Å². The van der Waals surface area contributed by atoms with Crippen molar-refractivity contribution in [2.75, 3.05) is 5.32 Å². The lowest BCUT2D eigenvalue weighted by atomic mass is 10.1. The van der Waals surface area contributed by atoms with Crippen LogP contribution in [0.4, 0.5) is 11.4 Å². The lowest BCUT2D eigenvalue weighted by Gasteiger charge is -2.07. The number of hydrogen-bond donors (Lipinski definition) is 1. The molecule has 0 spiro atoms. The minimum atomic E-state index is -0.553. The number of benzene rings is 2. The van der Waals surface area contributed by atoms with Crippen LogP contribution in [0.25, 0.3) is 0 Å². The largest absolute Gasteiger partial charge is 0.324 e. The van der Waals surface area contributed by atoms with Gasteiger partial charge < -0.3 is 5.32 Å². The fourth-order valence-corrected chi connectivity index (χ4v) is 2.13. The van der Waals surface area contributed by atoms with Crippen LogP contribution in [-0.4, -0.2) is 10.8 Å². The second kappa shape index (κ2) is 6.56. The number of nitrogens with zero attached hydrogens (tertiary/aromatic N) is 1. The van der Waals surface area contributed by atoms with E-state index in [0.717, 1.165) is 5.56 Å². The molecule has 0 atom stereocenters. The van der Waals surface area contributed by atoms with E-state index in [1.165, 1.54) is 18.2 Å². The molecule has 7 heteroatoms. The van der Waals surface area contributed by atoms with E-state index in [0.29, 0.717) is 5.02 Å². The van der Waals surface area contributed by atoms with Crippen molar-refractivity contribution >= 4 is 40.5 Å². The van der Waals surface area contributed by atoms with Crippen LogP contribution >= 0.6 is 23.2 Å². The molecule has 2 rings (SSSR count). The zero-order chi connectivity index (χ0) is 15.4. The van der Waals surface area contributed by atoms with Gasteiger partial charge >= 0.3 is 0 Å². The first-order valence-corrected chi connectivity index (χ1v) is 6.69. The lowest BCUT2D eigenvalue weighted by Crippen LogP contribution is -2.14. The van der Waals surface area contributed by atoms with Crippen LogP contribution < -0.4 is 5.32 Å². The number of nitro benzene ring substituents is 1. The van der Waals surface area contributed by atoms with Crippen molar-refractivity contribution in [1.82, 2.24) is 0 Å². The third-order valence-corrected chi connectivity index (χ3v) is 3.25. The van der Waals surface area contributed by atoms with Crippen LogP contribution in [0.1, 0.15) is 5.56 Å². The predicted molar refractivity (Wildman–Crippen MR) is 81.9 cm³/mol. The molecule has 0 aliphatic rings. The highest BCUT2D eigenvalue weighted by molar-refractivity contribution is 6.33. The fourth-order valence-electron chi connectivity index (χ4n) is 1.75. The second-order valence-electron chi connectivity index (χ2n) is 4.28. The molecule has 2 aromatic carbocycles. The normalized spacial score (nSPS) is 10.2. The maximum Gasteiger partial charge on any atom is 0.271 e. The van der Waals surface area contributed by atoms with E-state index in [9.17, 15) is 14.9 Å². The molecule has 5 nitrogen and oxygen atoms in total. The Morgan fingerprint density at radius 1 is 1.19 bits per heavy atom. The maximum absolute atomic E-state index is 11.9. The van der Waals surface area contributed by atoms with Crippen molar-refractivity contribution in [3.05, 3.63) is 68.2 Å². The molecule has 0 fully saturated rings. The highest BCUT2D eigenvalue weighted by Crippen LogP contribution is 2.26. The first-order chi connectivity index (χ1) is 9.95. The molecule has 0 bridgehead atoms. The molecule has 2 aromatic rings. The van der Waals surface area contributed by atoms with Crippen LogP contribution in [0, 0.1) is 10.1 Å². The van der Waals surface area contributed by atoms with E-state index in [4.69, 9.17) is 23.2 Å². The van der Waals surface area contributed by atoms with Gasteiger partial charge in [-0.3, -0.25) is 14.9 Å². The summed E-state index contributed by atoms with van der Waals surface area (Å²) < 4.78 is 0. The minimum Gasteiger partial charge on any atom is -0.324 e. The molecule has 21 heavy (non-hydrogen) atoms. The van der Waals surface area contributed by atoms with Gasteiger partial charge in [-0.25, -0.2) is 0 Å². The lowest BCUT2D eigenvalue weighted by molar-refractivity contribution is -0.384. The zero-order valence-electron chi connectivity index (χ0n) is 10.7. The SMILES string of the molecule is O=C(Cc1cccc(Cl)c1)Nc1cc([N+](=O)[O-])ccc1Cl. The maximum atomic E-state index is 11.9. The van der Waals surface area contributed by atoms with Gasteiger partial charge in [-0.2, -0.15) is 0 Å². The number of carbonyl (C=O) groups excluding carboxylic acids is 1. The molecule has 0 aliphatic heterocycles. The standard InChI is InChI=1S/C14H10Cl2N2O3/c15-10-3-1-2-9(6-10)7-14(19)17-13-8-11(18(20)21)4-5-12(13)16/h1-6,8H,7H2,(H,17,19). The van der Waals surface area contributed by atoms with Crippen molar-refractivity contribution in [2.24, 2.45) is 0 Å². The van der Waals surface area contributed by atoms with Crippen LogP contribution in [0.3, 0.4) is 0 Å². The van der Waals surface area contributed by atoms with E-state index in [1.54, 1.807) is 24.3 Å². The number of amides is 1. The van der Waals surface area contributed by atoms with Gasteiger partial charge in [0.15, 0.2) is 0 Å². The minimum absolute atomic E-state index is 0.0968. The Hall–Kier alpha value is -2.11. The van der Waals surface area contributed by atoms with Gasteiger partial charge in [0.1, 0.15) is 0 Å². The average Bonchev–Trinajstić information content (AvgIpc) is 2.41. The summed E-state index contributed by atoms with van der Waals surface area (Å²) >= 11 is 11.8. The summed E-state index contributed by atoms with van der Waals surface area (Å²) in [5.74, 6) is -0.334. The number of anilines is 1. The van der Waals surface area contributed by atoms with Crippen molar-refractivity contribution in [3.63, 3.8) is 0 Å². The molecule has 0 heterocycles. The van der Waals surface area contributed by atoms with E-state index >= 15 is 0 Å². The number of rotatable bonds is 4. The highest BCUT2D eigenvalue weighted by atomic mass is 35.5. The summed E-state index contributed by atoms with van der Waals surface area (Å²) in [7, 11) is 0. The van der Waals surface area contributed by atoms with E-state index < -0.39 is 4.92 Å². The molecule has 0 aromatic heterocycles. The first-order valence-electron chi connectivity index (χ1n) is 5.94. The molecule has 0 aliphatic carbocycles. The molecule has 0 saturated carbocycles. The zero-order valence-corrected chi connectivity index (χ0v) is 12.2. The van der Waals surface area contributed by atoms with Crippen molar-refractivity contribution in [3.8, 4) is 0 Å². The Balaban J connectivity index is 2.12. The fraction of sp³-hybridized carbons (Fsp3) is 0.0714. The van der Waals surface area contributed by atoms with Crippen LogP contribution in [0.15, 0.2) is 42.5 Å². The molecular weight excluding hydrogens is 315 g/mol. The monoisotopic (exact) mass is 324 g/mol. The Labute approximate surface area is 130 Å². The molecule has 0 radical (unpaired) electrons. The predicted octanol–water partition coefficient (Wildman–Crippen LogP) is 4.08. The van der Waals surface area contributed by atoms with Gasteiger partial charge in [-0.1, -0.05) is 35.3 Å². The van der Waals surface area contributed by atoms with Crippen LogP contribution in [0.5, 0.6) is 0 Å². The number of halogens is 2. The van der Waals surface area contributed by atoms with Crippen molar-refractivity contribution in [1.29, 1.82) is 0 Å². The Morgan fingerprint density at radius 2 is 1.95 bits per heavy atom. The molecule has 0 unspecified atom stereocenters. The summed E-state index contributed by atoms with van der Waals surface area (Å²) in [6, 6.07) is 10.8. The van der Waals surface area contributed by atoms with E-state index in [-0.39, 0.29) is 28.7 Å². The van der Waals surface area contributed by atoms with Crippen LogP contribution in [-0.2, 0) is 11.2 Å². The average molecular weight is 325 g/mol. The molecular formula is C14H10Cl2N2O3. The topological polar surface area (TPSA) is 72.2 Å². The summed E-state index contributed by atoms with van der Waals surface area (Å²) in [5.41, 5.74) is 0.803. The Kier molecular flexibility index (Phi) is 4.77. The number of hydrogen-bond acceptors (Lipinski definition) is 3. The Morgan fingerprint density at radius 3 is 2.62 bits per heavy atom. The van der Waals surface area contributed by atoms with Gasteiger partial charge in [0.2, 0.25) is 5.91 Å². The number of nitrogens with one attached hydrogen (secondary N) is 1. The van der Waals surface area contributed by atoms with E-state index in [1.807, 2.05) is 0 Å². The van der Waals surface area contributed by atoms with E-state index in [2.05, 4.69) is 5.32 Å². The third-order valence-electron chi connectivity index (χ3n) is 2.69. The summed E-state index contributed by atoms with van der Waals surface area (Å²) in [4.78, 5) is 22.1. The van der Waals surface area contributed by atoms with Crippen molar-refractivity contribution < 1.29 is 9.72 Å². The summed E-state index contributed by atoms with van der Waals surface area (Å²) in [5, 5.41) is 14.0. The van der Waals surface area contributed by atoms with Gasteiger partial charge in [0, 0.05) is 17.2 Å². The number of non-ortho nitro benzene ring substituents is 1. The number of carbonyl (C=O) groups is 1. The molecule has 1 N–H and O–H groups in total. The van der Waals surface area contributed by atoms with Crippen LogP contribution in [0.2, 0.25) is 10.0 Å². The van der Waals surface area contributed by atoms with Crippen molar-refractivity contribution in [2.45, 2.75) is 6.42 Å².